The maximum absolute atomic E-state index is 9.97. The Morgan fingerprint density at radius 3 is 2.97 bits per heavy atom. The SMILES string of the molecule is C/C(CCN1CCCCc2nc(C)c(C)cc21)=N\O[C@H](C)c1cn([C@@H]2COC[C@H]2O)nn1. The smallest absolute Gasteiger partial charge is 0.169 e. The van der Waals surface area contributed by atoms with Crippen LogP contribution in [0.2, 0.25) is 0 Å². The fraction of sp³-hybridized carbons (Fsp3) is 0.652. The standard InChI is InChI=1S/C23H34N6O3/c1-15-11-21-19(24-17(15)3)7-5-6-9-28(21)10-8-16(2)26-32-18(4)20-12-29(27-25-20)22-13-31-14-23(22)30/h11-12,18,22-23,30H,5-10,13-14H2,1-4H3/b26-16+/t18-,22-,23-/m1/s1. The lowest BCUT2D eigenvalue weighted by Crippen LogP contribution is -2.27. The van der Waals surface area contributed by atoms with Crippen LogP contribution in [0.5, 0.6) is 0 Å². The first-order valence-corrected chi connectivity index (χ1v) is 11.5. The van der Waals surface area contributed by atoms with Gasteiger partial charge in [0.05, 0.1) is 36.5 Å². The molecule has 0 radical (unpaired) electrons. The van der Waals surface area contributed by atoms with Crippen LogP contribution in [-0.2, 0) is 16.0 Å². The molecule has 174 valence electrons. The topological polar surface area (TPSA) is 97.9 Å². The lowest BCUT2D eigenvalue weighted by Gasteiger charge is -2.25. The fourth-order valence-electron chi connectivity index (χ4n) is 4.13. The third-order valence-corrected chi connectivity index (χ3v) is 6.37. The maximum atomic E-state index is 9.97. The Kier molecular flexibility index (Phi) is 7.05. The van der Waals surface area contributed by atoms with Crippen molar-refractivity contribution in [3.05, 3.63) is 34.9 Å². The molecule has 2 aromatic rings. The maximum Gasteiger partial charge on any atom is 0.169 e. The van der Waals surface area contributed by atoms with Crippen LogP contribution in [0.4, 0.5) is 5.69 Å². The highest BCUT2D eigenvalue weighted by Gasteiger charge is 2.29. The fourth-order valence-corrected chi connectivity index (χ4v) is 4.13. The number of aromatic nitrogens is 4. The molecule has 0 aliphatic carbocycles. The zero-order chi connectivity index (χ0) is 22.7. The predicted octanol–water partition coefficient (Wildman–Crippen LogP) is 2.91. The Morgan fingerprint density at radius 1 is 1.34 bits per heavy atom. The highest BCUT2D eigenvalue weighted by molar-refractivity contribution is 5.81. The number of aryl methyl sites for hydroxylation is 3. The largest absolute Gasteiger partial charge is 0.388 e. The average molecular weight is 443 g/mol. The molecule has 0 bridgehead atoms. The number of aliphatic hydroxyl groups excluding tert-OH is 1. The van der Waals surface area contributed by atoms with Crippen LogP contribution in [0.3, 0.4) is 0 Å². The van der Waals surface area contributed by atoms with Gasteiger partial charge in [-0.2, -0.15) is 0 Å². The minimum Gasteiger partial charge on any atom is -0.388 e. The van der Waals surface area contributed by atoms with Crippen LogP contribution in [0.1, 0.15) is 67.9 Å². The summed E-state index contributed by atoms with van der Waals surface area (Å²) in [6, 6.07) is 2.08. The van der Waals surface area contributed by atoms with E-state index >= 15 is 0 Å². The van der Waals surface area contributed by atoms with Crippen molar-refractivity contribution in [1.29, 1.82) is 0 Å². The Labute approximate surface area is 189 Å². The van der Waals surface area contributed by atoms with Crippen molar-refractivity contribution < 1.29 is 14.7 Å². The minimum absolute atomic E-state index is 0.202. The molecule has 2 aliphatic rings. The second kappa shape index (κ2) is 9.95. The number of oxime groups is 1. The summed E-state index contributed by atoms with van der Waals surface area (Å²) < 4.78 is 6.94. The number of nitrogens with zero attached hydrogens (tertiary/aromatic N) is 6. The number of hydrogen-bond donors (Lipinski definition) is 1. The Balaban J connectivity index is 1.34. The molecule has 9 heteroatoms. The Hall–Kier alpha value is -2.52. The van der Waals surface area contributed by atoms with Gasteiger partial charge in [0.25, 0.3) is 0 Å². The normalized spacial score (nSPS) is 22.5. The number of ether oxygens (including phenoxy) is 1. The molecule has 1 fully saturated rings. The van der Waals surface area contributed by atoms with E-state index in [1.165, 1.54) is 29.8 Å². The Morgan fingerprint density at radius 2 is 2.19 bits per heavy atom. The molecule has 4 heterocycles. The second-order valence-electron chi connectivity index (χ2n) is 8.92. The van der Waals surface area contributed by atoms with Gasteiger partial charge in [-0.1, -0.05) is 10.4 Å². The van der Waals surface area contributed by atoms with Crippen molar-refractivity contribution in [2.24, 2.45) is 5.16 Å². The van der Waals surface area contributed by atoms with E-state index in [9.17, 15) is 5.11 Å². The van der Waals surface area contributed by atoms with Crippen molar-refractivity contribution in [1.82, 2.24) is 20.0 Å². The zero-order valence-electron chi connectivity index (χ0n) is 19.5. The first-order valence-electron chi connectivity index (χ1n) is 11.5. The summed E-state index contributed by atoms with van der Waals surface area (Å²) in [6.07, 6.45) is 5.12. The summed E-state index contributed by atoms with van der Waals surface area (Å²) >= 11 is 0. The number of aliphatic hydroxyl groups is 1. The van der Waals surface area contributed by atoms with E-state index in [-0.39, 0.29) is 12.1 Å². The van der Waals surface area contributed by atoms with Gasteiger partial charge >= 0.3 is 0 Å². The molecular weight excluding hydrogens is 408 g/mol. The molecule has 2 aromatic heterocycles. The van der Waals surface area contributed by atoms with Crippen LogP contribution < -0.4 is 4.90 Å². The highest BCUT2D eigenvalue weighted by atomic mass is 16.6. The molecule has 0 saturated carbocycles. The number of hydrogen-bond acceptors (Lipinski definition) is 8. The summed E-state index contributed by atoms with van der Waals surface area (Å²) in [6.45, 7) is 10.8. The minimum atomic E-state index is -0.562. The summed E-state index contributed by atoms with van der Waals surface area (Å²) in [5.41, 5.74) is 6.46. The van der Waals surface area contributed by atoms with Crippen molar-refractivity contribution >= 4 is 11.4 Å². The van der Waals surface area contributed by atoms with Gasteiger partial charge in [0.2, 0.25) is 0 Å². The molecule has 0 unspecified atom stereocenters. The van der Waals surface area contributed by atoms with Gasteiger partial charge in [0.1, 0.15) is 17.8 Å². The first-order chi connectivity index (χ1) is 15.4. The molecule has 32 heavy (non-hydrogen) atoms. The van der Waals surface area contributed by atoms with Crippen molar-refractivity contribution in [3.8, 4) is 0 Å². The third kappa shape index (κ3) is 5.10. The van der Waals surface area contributed by atoms with Crippen LogP contribution in [-0.4, -0.2) is 63.2 Å². The van der Waals surface area contributed by atoms with E-state index in [1.54, 1.807) is 10.9 Å². The lowest BCUT2D eigenvalue weighted by atomic mass is 10.1. The second-order valence-corrected chi connectivity index (χ2v) is 8.92. The van der Waals surface area contributed by atoms with Gasteiger partial charge in [0, 0.05) is 25.2 Å². The molecule has 1 N–H and O–H groups in total. The van der Waals surface area contributed by atoms with E-state index < -0.39 is 6.10 Å². The summed E-state index contributed by atoms with van der Waals surface area (Å²) in [4.78, 5) is 13.0. The molecule has 4 rings (SSSR count). The average Bonchev–Trinajstić information content (AvgIpc) is 3.38. The molecule has 3 atom stereocenters. The first kappa shape index (κ1) is 22.7. The number of pyridine rings is 1. The molecule has 1 saturated heterocycles. The van der Waals surface area contributed by atoms with Crippen LogP contribution in [0, 0.1) is 13.8 Å². The van der Waals surface area contributed by atoms with E-state index in [0.717, 1.165) is 37.3 Å². The molecule has 0 spiro atoms. The quantitative estimate of drug-likeness (QED) is 0.520. The molecule has 9 nitrogen and oxygen atoms in total. The van der Waals surface area contributed by atoms with Gasteiger partial charge in [-0.15, -0.1) is 5.10 Å². The Bertz CT molecular complexity index is 959. The monoisotopic (exact) mass is 442 g/mol. The summed E-state index contributed by atoms with van der Waals surface area (Å²) in [5, 5.41) is 22.6. The van der Waals surface area contributed by atoms with Gasteiger partial charge in [0.15, 0.2) is 6.10 Å². The number of rotatable bonds is 7. The summed E-state index contributed by atoms with van der Waals surface area (Å²) in [5.74, 6) is 0. The van der Waals surface area contributed by atoms with Crippen molar-refractivity contribution in [2.45, 2.75) is 71.6 Å². The van der Waals surface area contributed by atoms with Crippen LogP contribution in [0.15, 0.2) is 17.4 Å². The number of fused-ring (bicyclic) bond motifs is 1. The molecule has 2 aliphatic heterocycles. The molecule has 0 amide bonds. The van der Waals surface area contributed by atoms with Gasteiger partial charge in [-0.3, -0.25) is 4.98 Å². The van der Waals surface area contributed by atoms with E-state index in [0.29, 0.717) is 18.9 Å². The van der Waals surface area contributed by atoms with Gasteiger partial charge < -0.3 is 19.6 Å². The van der Waals surface area contributed by atoms with Gasteiger partial charge in [-0.25, -0.2) is 4.68 Å². The van der Waals surface area contributed by atoms with E-state index in [2.05, 4.69) is 40.3 Å². The summed E-state index contributed by atoms with van der Waals surface area (Å²) in [7, 11) is 0. The molecule has 0 aromatic carbocycles. The van der Waals surface area contributed by atoms with Crippen LogP contribution >= 0.6 is 0 Å². The molecular formula is C23H34N6O3. The lowest BCUT2D eigenvalue weighted by molar-refractivity contribution is 0.0685. The van der Waals surface area contributed by atoms with Crippen LogP contribution in [0.25, 0.3) is 0 Å². The predicted molar refractivity (Wildman–Crippen MR) is 122 cm³/mol. The highest BCUT2D eigenvalue weighted by Crippen LogP contribution is 2.27. The zero-order valence-corrected chi connectivity index (χ0v) is 19.5. The van der Waals surface area contributed by atoms with Crippen molar-refractivity contribution in [3.63, 3.8) is 0 Å². The van der Waals surface area contributed by atoms with Gasteiger partial charge in [-0.05, 0) is 58.6 Å². The van der Waals surface area contributed by atoms with E-state index in [1.807, 2.05) is 13.8 Å². The van der Waals surface area contributed by atoms with E-state index in [4.69, 9.17) is 14.6 Å². The third-order valence-electron chi connectivity index (χ3n) is 6.37. The van der Waals surface area contributed by atoms with Crippen molar-refractivity contribution in [2.75, 3.05) is 31.2 Å². The number of anilines is 1.